The first-order valence-corrected chi connectivity index (χ1v) is 8.35. The van der Waals surface area contributed by atoms with Gasteiger partial charge in [0.15, 0.2) is 5.82 Å². The van der Waals surface area contributed by atoms with E-state index in [9.17, 15) is 5.26 Å². The topological polar surface area (TPSA) is 57.7 Å². The second-order valence-corrected chi connectivity index (χ2v) is 6.37. The summed E-state index contributed by atoms with van der Waals surface area (Å²) in [6.07, 6.45) is 4.64. The van der Waals surface area contributed by atoms with Crippen molar-refractivity contribution in [1.29, 1.82) is 5.26 Å². The molecule has 5 nitrogen and oxygen atoms in total. The Bertz CT molecular complexity index is 720. The fourth-order valence-electron chi connectivity index (χ4n) is 3.45. The first-order valence-electron chi connectivity index (χ1n) is 8.35. The van der Waals surface area contributed by atoms with Gasteiger partial charge >= 0.3 is 0 Å². The van der Waals surface area contributed by atoms with Gasteiger partial charge in [0.1, 0.15) is 6.07 Å². The highest BCUT2D eigenvalue weighted by atomic mass is 15.5. The Labute approximate surface area is 137 Å². The molecule has 1 aromatic heterocycles. The van der Waals surface area contributed by atoms with Gasteiger partial charge in [-0.25, -0.2) is 0 Å². The van der Waals surface area contributed by atoms with Crippen molar-refractivity contribution in [2.75, 3.05) is 11.4 Å². The Morgan fingerprint density at radius 2 is 1.91 bits per heavy atom. The van der Waals surface area contributed by atoms with Gasteiger partial charge in [0.2, 0.25) is 5.69 Å². The molecule has 0 bridgehead atoms. The van der Waals surface area contributed by atoms with Crippen LogP contribution in [0.15, 0.2) is 18.2 Å². The summed E-state index contributed by atoms with van der Waals surface area (Å²) in [6, 6.07) is 8.90. The molecular weight excluding hydrogens is 286 g/mol. The van der Waals surface area contributed by atoms with Gasteiger partial charge in [0, 0.05) is 12.6 Å². The molecule has 1 fully saturated rings. The van der Waals surface area contributed by atoms with Crippen LogP contribution in [0.1, 0.15) is 49.4 Å². The fraction of sp³-hybridized carbons (Fsp3) is 0.500. The lowest BCUT2D eigenvalue weighted by Crippen LogP contribution is -2.39. The molecule has 1 atom stereocenters. The van der Waals surface area contributed by atoms with Gasteiger partial charge in [0.25, 0.3) is 0 Å². The van der Waals surface area contributed by atoms with Crippen molar-refractivity contribution >= 4 is 5.82 Å². The van der Waals surface area contributed by atoms with Crippen LogP contribution in [0, 0.1) is 25.2 Å². The number of aromatic nitrogens is 3. The predicted molar refractivity (Wildman–Crippen MR) is 90.8 cm³/mol. The molecule has 1 unspecified atom stereocenters. The minimum Gasteiger partial charge on any atom is -0.350 e. The average Bonchev–Trinajstić information content (AvgIpc) is 2.98. The highest BCUT2D eigenvalue weighted by Crippen LogP contribution is 2.27. The van der Waals surface area contributed by atoms with Gasteiger partial charge in [0.05, 0.1) is 5.69 Å². The Morgan fingerprint density at radius 1 is 1.17 bits per heavy atom. The Kier molecular flexibility index (Phi) is 4.33. The van der Waals surface area contributed by atoms with E-state index in [-0.39, 0.29) is 0 Å². The van der Waals surface area contributed by atoms with E-state index in [1.165, 1.54) is 17.5 Å². The van der Waals surface area contributed by atoms with Gasteiger partial charge in [-0.05, 0) is 62.8 Å². The third-order valence-corrected chi connectivity index (χ3v) is 4.51. The number of nitrogens with zero attached hydrogens (tertiary/aromatic N) is 5. The van der Waals surface area contributed by atoms with E-state index < -0.39 is 0 Å². The van der Waals surface area contributed by atoms with Gasteiger partial charge < -0.3 is 4.90 Å². The van der Waals surface area contributed by atoms with Crippen LogP contribution in [0.2, 0.25) is 0 Å². The standard InChI is InChI=1S/C18H23N5/c1-4-15-7-5-6-8-22(15)18-17(12-19)20-23(21-18)16-10-13(2)9-14(3)11-16/h9-11,15H,4-8H2,1-3H3. The van der Waals surface area contributed by atoms with Crippen molar-refractivity contribution in [3.8, 4) is 11.8 Å². The van der Waals surface area contributed by atoms with Crippen molar-refractivity contribution in [1.82, 2.24) is 15.0 Å². The molecule has 1 saturated heterocycles. The summed E-state index contributed by atoms with van der Waals surface area (Å²) in [5, 5.41) is 18.6. The third kappa shape index (κ3) is 3.07. The largest absolute Gasteiger partial charge is 0.350 e. The number of benzene rings is 1. The Balaban J connectivity index is 2.02. The van der Waals surface area contributed by atoms with E-state index in [2.05, 4.69) is 48.0 Å². The van der Waals surface area contributed by atoms with Crippen LogP contribution in [-0.2, 0) is 0 Å². The predicted octanol–water partition coefficient (Wildman–Crippen LogP) is 3.52. The molecule has 0 radical (unpaired) electrons. The summed E-state index contributed by atoms with van der Waals surface area (Å²) in [5.41, 5.74) is 3.67. The van der Waals surface area contributed by atoms with Gasteiger partial charge in [-0.3, -0.25) is 0 Å². The average molecular weight is 309 g/mol. The van der Waals surface area contributed by atoms with E-state index in [1.54, 1.807) is 4.80 Å². The van der Waals surface area contributed by atoms with Gasteiger partial charge in [-0.15, -0.1) is 15.0 Å². The van der Waals surface area contributed by atoms with E-state index in [0.717, 1.165) is 37.3 Å². The monoisotopic (exact) mass is 309 g/mol. The van der Waals surface area contributed by atoms with Crippen LogP contribution in [0.25, 0.3) is 5.69 Å². The van der Waals surface area contributed by atoms with E-state index in [4.69, 9.17) is 0 Å². The molecule has 5 heteroatoms. The van der Waals surface area contributed by atoms with E-state index in [1.807, 2.05) is 12.1 Å². The summed E-state index contributed by atoms with van der Waals surface area (Å²) < 4.78 is 0. The molecule has 1 aliphatic heterocycles. The van der Waals surface area contributed by atoms with Crippen LogP contribution >= 0.6 is 0 Å². The molecule has 0 saturated carbocycles. The molecule has 0 spiro atoms. The molecule has 23 heavy (non-hydrogen) atoms. The first-order chi connectivity index (χ1) is 11.1. The first kappa shape index (κ1) is 15.5. The lowest BCUT2D eigenvalue weighted by Gasteiger charge is -2.35. The summed E-state index contributed by atoms with van der Waals surface area (Å²) in [7, 11) is 0. The number of nitriles is 1. The van der Waals surface area contributed by atoms with Crippen molar-refractivity contribution in [2.24, 2.45) is 0 Å². The zero-order valence-corrected chi connectivity index (χ0v) is 14.1. The lowest BCUT2D eigenvalue weighted by atomic mass is 10.00. The molecule has 2 heterocycles. The number of piperidine rings is 1. The van der Waals surface area contributed by atoms with Crippen molar-refractivity contribution in [3.63, 3.8) is 0 Å². The molecule has 2 aromatic rings. The normalized spacial score (nSPS) is 18.0. The highest BCUT2D eigenvalue weighted by molar-refractivity contribution is 5.51. The quantitative estimate of drug-likeness (QED) is 0.870. The van der Waals surface area contributed by atoms with Crippen molar-refractivity contribution < 1.29 is 0 Å². The third-order valence-electron chi connectivity index (χ3n) is 4.51. The zero-order chi connectivity index (χ0) is 16.4. The van der Waals surface area contributed by atoms with Crippen LogP contribution in [-0.4, -0.2) is 27.6 Å². The Hall–Kier alpha value is -2.35. The number of anilines is 1. The summed E-state index contributed by atoms with van der Waals surface area (Å²) >= 11 is 0. The molecule has 1 aliphatic rings. The maximum absolute atomic E-state index is 9.48. The SMILES string of the molecule is CCC1CCCCN1c1nn(-c2cc(C)cc(C)c2)nc1C#N. The number of aryl methyl sites for hydroxylation is 2. The van der Waals surface area contributed by atoms with Gasteiger partial charge in [-0.1, -0.05) is 13.0 Å². The molecule has 0 amide bonds. The summed E-state index contributed by atoms with van der Waals surface area (Å²) in [4.78, 5) is 3.88. The number of rotatable bonds is 3. The minimum atomic E-state index is 0.421. The van der Waals surface area contributed by atoms with Crippen LogP contribution in [0.4, 0.5) is 5.82 Å². The smallest absolute Gasteiger partial charge is 0.207 e. The van der Waals surface area contributed by atoms with Crippen molar-refractivity contribution in [2.45, 2.75) is 52.5 Å². The molecule has 0 N–H and O–H groups in total. The second kappa shape index (κ2) is 6.41. The minimum absolute atomic E-state index is 0.421. The maximum atomic E-state index is 9.48. The molecule has 3 rings (SSSR count). The maximum Gasteiger partial charge on any atom is 0.207 e. The van der Waals surface area contributed by atoms with Crippen LogP contribution in [0.5, 0.6) is 0 Å². The molecule has 1 aromatic carbocycles. The second-order valence-electron chi connectivity index (χ2n) is 6.37. The van der Waals surface area contributed by atoms with Crippen LogP contribution in [0.3, 0.4) is 0 Å². The molecular formula is C18H23N5. The number of hydrogen-bond donors (Lipinski definition) is 0. The molecule has 0 aliphatic carbocycles. The fourth-order valence-corrected chi connectivity index (χ4v) is 3.45. The number of hydrogen-bond acceptors (Lipinski definition) is 4. The zero-order valence-electron chi connectivity index (χ0n) is 14.1. The van der Waals surface area contributed by atoms with Crippen LogP contribution < -0.4 is 4.90 Å². The van der Waals surface area contributed by atoms with E-state index in [0.29, 0.717) is 11.7 Å². The van der Waals surface area contributed by atoms with Crippen molar-refractivity contribution in [3.05, 3.63) is 35.0 Å². The lowest BCUT2D eigenvalue weighted by molar-refractivity contribution is 0.446. The summed E-state index contributed by atoms with van der Waals surface area (Å²) in [6.45, 7) is 7.27. The van der Waals surface area contributed by atoms with E-state index >= 15 is 0 Å². The molecule has 120 valence electrons. The Morgan fingerprint density at radius 3 is 2.57 bits per heavy atom. The van der Waals surface area contributed by atoms with Gasteiger partial charge in [-0.2, -0.15) is 5.26 Å². The highest BCUT2D eigenvalue weighted by Gasteiger charge is 2.26. The summed E-state index contributed by atoms with van der Waals surface area (Å²) in [5.74, 6) is 0.734.